The van der Waals surface area contributed by atoms with Crippen LogP contribution in [0.4, 0.5) is 0 Å². The minimum absolute atomic E-state index is 0.00750. The van der Waals surface area contributed by atoms with E-state index in [0.717, 1.165) is 30.0 Å². The molecular weight excluding hydrogens is 340 g/mol. The molecule has 6 nitrogen and oxygen atoms in total. The molecule has 1 N–H and O–H groups in total. The van der Waals surface area contributed by atoms with Gasteiger partial charge in [-0.05, 0) is 50.7 Å². The van der Waals surface area contributed by atoms with Crippen molar-refractivity contribution in [3.05, 3.63) is 28.5 Å². The van der Waals surface area contributed by atoms with Crippen molar-refractivity contribution in [1.82, 2.24) is 9.88 Å². The normalized spacial score (nSPS) is 21.5. The molecule has 25 heavy (non-hydrogen) atoms. The number of amides is 1. The maximum Gasteiger partial charge on any atom is 0.307 e. The molecule has 7 heteroatoms. The highest BCUT2D eigenvalue weighted by molar-refractivity contribution is 7.17. The Balaban J connectivity index is 1.47. The molecular formula is C18H20N2O4S. The molecule has 0 radical (unpaired) electrons. The van der Waals surface area contributed by atoms with Gasteiger partial charge in [-0.1, -0.05) is 0 Å². The van der Waals surface area contributed by atoms with Crippen molar-refractivity contribution in [2.24, 2.45) is 11.3 Å². The van der Waals surface area contributed by atoms with Gasteiger partial charge in [-0.3, -0.25) is 9.59 Å². The number of nitrogens with zero attached hydrogens (tertiary/aromatic N) is 2. The quantitative estimate of drug-likeness (QED) is 0.907. The van der Waals surface area contributed by atoms with Gasteiger partial charge in [0.05, 0.1) is 11.6 Å². The number of carboxylic acid groups (broad SMARTS) is 1. The van der Waals surface area contributed by atoms with Crippen molar-refractivity contribution in [2.45, 2.75) is 33.1 Å². The third kappa shape index (κ3) is 2.76. The molecule has 1 atom stereocenters. The van der Waals surface area contributed by atoms with Crippen LogP contribution in [0.2, 0.25) is 0 Å². The lowest BCUT2D eigenvalue weighted by atomic mass is 9.90. The van der Waals surface area contributed by atoms with Gasteiger partial charge in [-0.25, -0.2) is 4.98 Å². The topological polar surface area (TPSA) is 83.6 Å². The van der Waals surface area contributed by atoms with E-state index in [1.807, 2.05) is 30.9 Å². The Morgan fingerprint density at radius 2 is 2.04 bits per heavy atom. The number of aliphatic carboxylic acids is 1. The predicted octanol–water partition coefficient (Wildman–Crippen LogP) is 3.35. The Hall–Kier alpha value is -2.15. The molecule has 4 rings (SSSR count). The van der Waals surface area contributed by atoms with Gasteiger partial charge in [0.2, 0.25) is 0 Å². The zero-order valence-corrected chi connectivity index (χ0v) is 15.1. The van der Waals surface area contributed by atoms with E-state index in [2.05, 4.69) is 4.98 Å². The molecule has 1 spiro atoms. The number of hydrogen-bond donors (Lipinski definition) is 1. The second-order valence-corrected chi connectivity index (χ2v) is 8.09. The van der Waals surface area contributed by atoms with Gasteiger partial charge >= 0.3 is 5.97 Å². The Morgan fingerprint density at radius 1 is 1.32 bits per heavy atom. The van der Waals surface area contributed by atoms with Gasteiger partial charge in [-0.2, -0.15) is 0 Å². The first kappa shape index (κ1) is 16.3. The largest absolute Gasteiger partial charge is 0.481 e. The van der Waals surface area contributed by atoms with E-state index in [1.165, 1.54) is 11.3 Å². The van der Waals surface area contributed by atoms with Crippen LogP contribution in [-0.4, -0.2) is 40.0 Å². The summed E-state index contributed by atoms with van der Waals surface area (Å²) in [6.45, 7) is 4.96. The summed E-state index contributed by atoms with van der Waals surface area (Å²) >= 11 is 1.36. The van der Waals surface area contributed by atoms with Crippen LogP contribution in [-0.2, 0) is 4.79 Å². The van der Waals surface area contributed by atoms with E-state index >= 15 is 0 Å². The van der Waals surface area contributed by atoms with E-state index in [4.69, 9.17) is 4.42 Å². The van der Waals surface area contributed by atoms with Crippen molar-refractivity contribution >= 4 is 23.2 Å². The van der Waals surface area contributed by atoms with E-state index in [0.29, 0.717) is 29.4 Å². The molecule has 1 unspecified atom stereocenters. The molecule has 0 aromatic carbocycles. The molecule has 1 saturated heterocycles. The van der Waals surface area contributed by atoms with E-state index in [1.54, 1.807) is 0 Å². The summed E-state index contributed by atoms with van der Waals surface area (Å²) in [4.78, 5) is 31.0. The first-order chi connectivity index (χ1) is 11.9. The SMILES string of the molecule is Cc1ccc(-c2nc(C)c(C(=O)N3CCC4(CC3)CC4C(=O)O)s2)o1. The van der Waals surface area contributed by atoms with Gasteiger partial charge in [0.25, 0.3) is 5.91 Å². The summed E-state index contributed by atoms with van der Waals surface area (Å²) in [5, 5.41) is 9.89. The van der Waals surface area contributed by atoms with E-state index < -0.39 is 5.97 Å². The Kier molecular flexibility index (Phi) is 3.72. The number of aryl methyl sites for hydroxylation is 2. The van der Waals surface area contributed by atoms with E-state index in [9.17, 15) is 14.7 Å². The minimum atomic E-state index is -0.698. The highest BCUT2D eigenvalue weighted by Crippen LogP contribution is 2.59. The molecule has 2 aliphatic rings. The summed E-state index contributed by atoms with van der Waals surface area (Å²) in [5.41, 5.74) is 0.650. The highest BCUT2D eigenvalue weighted by atomic mass is 32.1. The Labute approximate surface area is 149 Å². The van der Waals surface area contributed by atoms with Crippen LogP contribution in [0.3, 0.4) is 0 Å². The number of thiazole rings is 1. The maximum absolute atomic E-state index is 12.9. The Morgan fingerprint density at radius 3 is 2.60 bits per heavy atom. The highest BCUT2D eigenvalue weighted by Gasteiger charge is 2.59. The minimum Gasteiger partial charge on any atom is -0.481 e. The van der Waals surface area contributed by atoms with Crippen molar-refractivity contribution in [2.75, 3.05) is 13.1 Å². The third-order valence-electron chi connectivity index (χ3n) is 5.48. The van der Waals surface area contributed by atoms with Crippen LogP contribution < -0.4 is 0 Å². The molecule has 1 aliphatic carbocycles. The molecule has 3 heterocycles. The second kappa shape index (κ2) is 5.69. The number of aromatic nitrogens is 1. The first-order valence-electron chi connectivity index (χ1n) is 8.46. The van der Waals surface area contributed by atoms with Gasteiger partial charge in [0.15, 0.2) is 10.8 Å². The Bertz CT molecular complexity index is 845. The standard InChI is InChI=1S/C18H20N2O4S/c1-10-3-4-13(24-10)15-19-11(2)14(25-15)16(21)20-7-5-18(6-8-20)9-12(18)17(22)23/h3-4,12H,5-9H2,1-2H3,(H,22,23). The molecule has 132 valence electrons. The van der Waals surface area contributed by atoms with Gasteiger partial charge in [0, 0.05) is 13.1 Å². The van der Waals surface area contributed by atoms with Crippen LogP contribution in [0.15, 0.2) is 16.5 Å². The molecule has 1 aliphatic heterocycles. The number of rotatable bonds is 3. The van der Waals surface area contributed by atoms with Crippen molar-refractivity contribution in [3.8, 4) is 10.8 Å². The number of carbonyl (C=O) groups is 2. The van der Waals surface area contributed by atoms with Crippen LogP contribution in [0.1, 0.15) is 40.4 Å². The van der Waals surface area contributed by atoms with Crippen molar-refractivity contribution in [3.63, 3.8) is 0 Å². The van der Waals surface area contributed by atoms with Gasteiger partial charge in [0.1, 0.15) is 10.6 Å². The van der Waals surface area contributed by atoms with E-state index in [-0.39, 0.29) is 17.2 Å². The number of piperidine rings is 1. The zero-order valence-electron chi connectivity index (χ0n) is 14.2. The maximum atomic E-state index is 12.9. The summed E-state index contributed by atoms with van der Waals surface area (Å²) < 4.78 is 5.60. The smallest absolute Gasteiger partial charge is 0.307 e. The average Bonchev–Trinajstić information content (AvgIpc) is 2.90. The summed E-state index contributed by atoms with van der Waals surface area (Å²) in [7, 11) is 0. The molecule has 1 amide bonds. The fourth-order valence-electron chi connectivity index (χ4n) is 3.80. The van der Waals surface area contributed by atoms with Crippen molar-refractivity contribution < 1.29 is 19.1 Å². The van der Waals surface area contributed by atoms with Crippen LogP contribution >= 0.6 is 11.3 Å². The second-order valence-electron chi connectivity index (χ2n) is 7.09. The predicted molar refractivity (Wildman–Crippen MR) is 92.6 cm³/mol. The lowest BCUT2D eigenvalue weighted by Crippen LogP contribution is -2.39. The molecule has 0 bridgehead atoms. The number of carboxylic acids is 1. The molecule has 2 aromatic heterocycles. The molecule has 2 aromatic rings. The van der Waals surface area contributed by atoms with Crippen LogP contribution in [0.25, 0.3) is 10.8 Å². The fraction of sp³-hybridized carbons (Fsp3) is 0.500. The van der Waals surface area contributed by atoms with Crippen LogP contribution in [0, 0.1) is 25.2 Å². The number of furan rings is 1. The number of carbonyl (C=O) groups excluding carboxylic acids is 1. The third-order valence-corrected chi connectivity index (χ3v) is 6.64. The number of hydrogen-bond acceptors (Lipinski definition) is 5. The first-order valence-corrected chi connectivity index (χ1v) is 9.28. The van der Waals surface area contributed by atoms with Gasteiger partial charge in [-0.15, -0.1) is 11.3 Å². The fourth-order valence-corrected chi connectivity index (χ4v) is 4.79. The summed E-state index contributed by atoms with van der Waals surface area (Å²) in [5.74, 6) is 0.575. The molecule has 2 fully saturated rings. The van der Waals surface area contributed by atoms with Crippen LogP contribution in [0.5, 0.6) is 0 Å². The summed E-state index contributed by atoms with van der Waals surface area (Å²) in [6, 6.07) is 3.75. The van der Waals surface area contributed by atoms with Gasteiger partial charge < -0.3 is 14.4 Å². The lowest BCUT2D eigenvalue weighted by molar-refractivity contribution is -0.139. The molecule has 1 saturated carbocycles. The monoisotopic (exact) mass is 360 g/mol. The number of likely N-dealkylation sites (tertiary alicyclic amines) is 1. The van der Waals surface area contributed by atoms with Crippen molar-refractivity contribution in [1.29, 1.82) is 0 Å². The average molecular weight is 360 g/mol. The lowest BCUT2D eigenvalue weighted by Gasteiger charge is -2.32. The zero-order chi connectivity index (χ0) is 17.8. The summed E-state index contributed by atoms with van der Waals surface area (Å²) in [6.07, 6.45) is 2.31.